The quantitative estimate of drug-likeness (QED) is 0.730. The van der Waals surface area contributed by atoms with Crippen LogP contribution in [0.3, 0.4) is 0 Å². The highest BCUT2D eigenvalue weighted by Crippen LogP contribution is 2.28. The zero-order chi connectivity index (χ0) is 19.1. The molecule has 0 saturated heterocycles. The summed E-state index contributed by atoms with van der Waals surface area (Å²) in [5, 5.41) is 2.86. The van der Waals surface area contributed by atoms with E-state index in [4.69, 9.17) is 4.74 Å². The molecule has 0 bridgehead atoms. The molecular formula is C21H26N2O3. The first-order valence-electron chi connectivity index (χ1n) is 8.66. The summed E-state index contributed by atoms with van der Waals surface area (Å²) in [5.41, 5.74) is 2.42. The average Bonchev–Trinajstić information content (AvgIpc) is 2.65. The lowest BCUT2D eigenvalue weighted by Gasteiger charge is -2.26. The summed E-state index contributed by atoms with van der Waals surface area (Å²) in [6.07, 6.45) is 0.379. The van der Waals surface area contributed by atoms with Gasteiger partial charge >= 0.3 is 0 Å². The van der Waals surface area contributed by atoms with Crippen molar-refractivity contribution in [1.82, 2.24) is 4.90 Å². The number of ketones is 1. The largest absolute Gasteiger partial charge is 0.496 e. The molecular weight excluding hydrogens is 328 g/mol. The van der Waals surface area contributed by atoms with Gasteiger partial charge in [-0.25, -0.2) is 0 Å². The molecule has 2 aromatic carbocycles. The third kappa shape index (κ3) is 5.17. The van der Waals surface area contributed by atoms with Crippen LogP contribution in [0.1, 0.15) is 42.2 Å². The van der Waals surface area contributed by atoms with E-state index >= 15 is 0 Å². The van der Waals surface area contributed by atoms with Crippen molar-refractivity contribution in [2.24, 2.45) is 0 Å². The summed E-state index contributed by atoms with van der Waals surface area (Å²) in [6, 6.07) is 15.0. The fourth-order valence-electron chi connectivity index (χ4n) is 2.73. The third-order valence-electron chi connectivity index (χ3n) is 4.52. The standard InChI is InChI=1S/C21H26N2O3/c1-15(19-7-5-6-8-20(19)26-4)23(3)14-13-21(25)22-18-11-9-17(10-12-18)16(2)24/h5-12,15H,13-14H2,1-4H3,(H,22,25). The summed E-state index contributed by atoms with van der Waals surface area (Å²) in [4.78, 5) is 25.6. The number of anilines is 1. The maximum absolute atomic E-state index is 12.2. The van der Waals surface area contributed by atoms with Crippen molar-refractivity contribution in [2.45, 2.75) is 26.3 Å². The van der Waals surface area contributed by atoms with Crippen LogP contribution in [0.5, 0.6) is 5.75 Å². The Morgan fingerprint density at radius 3 is 2.38 bits per heavy atom. The Morgan fingerprint density at radius 2 is 1.77 bits per heavy atom. The molecule has 0 heterocycles. The molecule has 26 heavy (non-hydrogen) atoms. The number of Topliss-reactive ketones (excluding diaryl/α,β-unsaturated/α-hetero) is 1. The van der Waals surface area contributed by atoms with Crippen molar-refractivity contribution < 1.29 is 14.3 Å². The van der Waals surface area contributed by atoms with Gasteiger partial charge in [-0.2, -0.15) is 0 Å². The number of benzene rings is 2. The monoisotopic (exact) mass is 354 g/mol. The number of ether oxygens (including phenoxy) is 1. The van der Waals surface area contributed by atoms with Gasteiger partial charge in [0.15, 0.2) is 5.78 Å². The van der Waals surface area contributed by atoms with Crippen molar-refractivity contribution in [3.63, 3.8) is 0 Å². The van der Waals surface area contributed by atoms with E-state index in [-0.39, 0.29) is 17.7 Å². The first-order chi connectivity index (χ1) is 12.4. The van der Waals surface area contributed by atoms with Crippen LogP contribution in [-0.2, 0) is 4.79 Å². The van der Waals surface area contributed by atoms with E-state index in [1.807, 2.05) is 31.3 Å². The summed E-state index contributed by atoms with van der Waals surface area (Å²) >= 11 is 0. The van der Waals surface area contributed by atoms with Crippen molar-refractivity contribution in [2.75, 3.05) is 26.0 Å². The van der Waals surface area contributed by atoms with Crippen LogP contribution in [0, 0.1) is 0 Å². The molecule has 0 radical (unpaired) electrons. The van der Waals surface area contributed by atoms with E-state index in [1.54, 1.807) is 31.4 Å². The minimum absolute atomic E-state index is 0.00910. The number of nitrogens with zero attached hydrogens (tertiary/aromatic N) is 1. The van der Waals surface area contributed by atoms with E-state index in [0.717, 1.165) is 11.3 Å². The highest BCUT2D eigenvalue weighted by atomic mass is 16.5. The van der Waals surface area contributed by atoms with E-state index in [9.17, 15) is 9.59 Å². The number of para-hydroxylation sites is 1. The second kappa shape index (κ2) is 9.15. The Bertz CT molecular complexity index is 756. The van der Waals surface area contributed by atoms with Gasteiger partial charge in [0.25, 0.3) is 0 Å². The number of rotatable bonds is 8. The molecule has 2 rings (SSSR count). The lowest BCUT2D eigenvalue weighted by molar-refractivity contribution is -0.116. The second-order valence-corrected chi connectivity index (χ2v) is 6.33. The highest BCUT2D eigenvalue weighted by Gasteiger charge is 2.16. The zero-order valence-electron chi connectivity index (χ0n) is 15.8. The second-order valence-electron chi connectivity index (χ2n) is 6.33. The normalized spacial score (nSPS) is 11.9. The molecule has 0 saturated carbocycles. The number of hydrogen-bond acceptors (Lipinski definition) is 4. The Balaban J connectivity index is 1.88. The molecule has 0 aliphatic rings. The smallest absolute Gasteiger partial charge is 0.225 e. The van der Waals surface area contributed by atoms with Gasteiger partial charge in [-0.3, -0.25) is 14.5 Å². The Hall–Kier alpha value is -2.66. The molecule has 1 atom stereocenters. The van der Waals surface area contributed by atoms with Gasteiger partial charge in [0.1, 0.15) is 5.75 Å². The molecule has 0 aliphatic heterocycles. The fourth-order valence-corrected chi connectivity index (χ4v) is 2.73. The molecule has 2 aromatic rings. The molecule has 5 nitrogen and oxygen atoms in total. The van der Waals surface area contributed by atoms with Gasteiger partial charge in [0, 0.05) is 35.8 Å². The van der Waals surface area contributed by atoms with E-state index in [2.05, 4.69) is 17.1 Å². The Kier molecular flexibility index (Phi) is 6.92. The maximum Gasteiger partial charge on any atom is 0.225 e. The Labute approximate surface area is 155 Å². The van der Waals surface area contributed by atoms with Gasteiger partial charge < -0.3 is 10.1 Å². The first-order valence-corrected chi connectivity index (χ1v) is 8.66. The summed E-state index contributed by atoms with van der Waals surface area (Å²) in [6.45, 7) is 4.24. The van der Waals surface area contributed by atoms with Crippen LogP contribution in [0.15, 0.2) is 48.5 Å². The van der Waals surface area contributed by atoms with Crippen molar-refractivity contribution in [3.8, 4) is 5.75 Å². The average molecular weight is 354 g/mol. The van der Waals surface area contributed by atoms with Crippen LogP contribution >= 0.6 is 0 Å². The van der Waals surface area contributed by atoms with Gasteiger partial charge in [-0.05, 0) is 51.2 Å². The number of hydrogen-bond donors (Lipinski definition) is 1. The van der Waals surface area contributed by atoms with Crippen molar-refractivity contribution in [3.05, 3.63) is 59.7 Å². The van der Waals surface area contributed by atoms with Crippen LogP contribution < -0.4 is 10.1 Å². The maximum atomic E-state index is 12.2. The van der Waals surface area contributed by atoms with Gasteiger partial charge in [0.05, 0.1) is 7.11 Å². The summed E-state index contributed by atoms with van der Waals surface area (Å²) in [7, 11) is 3.66. The molecule has 1 N–H and O–H groups in total. The first kappa shape index (κ1) is 19.7. The number of nitrogens with one attached hydrogen (secondary N) is 1. The predicted octanol–water partition coefficient (Wildman–Crippen LogP) is 3.92. The van der Waals surface area contributed by atoms with Crippen LogP contribution in [0.25, 0.3) is 0 Å². The van der Waals surface area contributed by atoms with Gasteiger partial charge in [-0.15, -0.1) is 0 Å². The van der Waals surface area contributed by atoms with Crippen molar-refractivity contribution >= 4 is 17.4 Å². The predicted molar refractivity (Wildman–Crippen MR) is 104 cm³/mol. The van der Waals surface area contributed by atoms with Gasteiger partial charge in [-0.1, -0.05) is 18.2 Å². The number of amides is 1. The minimum atomic E-state index is -0.0559. The molecule has 0 aliphatic carbocycles. The fraction of sp³-hybridized carbons (Fsp3) is 0.333. The van der Waals surface area contributed by atoms with E-state index in [0.29, 0.717) is 24.2 Å². The number of carbonyl (C=O) groups is 2. The number of carbonyl (C=O) groups excluding carboxylic acids is 2. The Morgan fingerprint density at radius 1 is 1.12 bits per heavy atom. The van der Waals surface area contributed by atoms with E-state index in [1.165, 1.54) is 6.92 Å². The molecule has 0 spiro atoms. The molecule has 0 fully saturated rings. The third-order valence-corrected chi connectivity index (χ3v) is 4.52. The SMILES string of the molecule is COc1ccccc1C(C)N(C)CCC(=O)Nc1ccc(C(C)=O)cc1. The molecule has 138 valence electrons. The van der Waals surface area contributed by atoms with Crippen LogP contribution in [-0.4, -0.2) is 37.3 Å². The zero-order valence-corrected chi connectivity index (χ0v) is 15.8. The van der Waals surface area contributed by atoms with Crippen LogP contribution in [0.2, 0.25) is 0 Å². The molecule has 1 amide bonds. The highest BCUT2D eigenvalue weighted by molar-refractivity contribution is 5.95. The lowest BCUT2D eigenvalue weighted by atomic mass is 10.1. The summed E-state index contributed by atoms with van der Waals surface area (Å²) < 4.78 is 5.42. The number of methoxy groups -OCH3 is 1. The molecule has 1 unspecified atom stereocenters. The van der Waals surface area contributed by atoms with Gasteiger partial charge in [0.2, 0.25) is 5.91 Å². The lowest BCUT2D eigenvalue weighted by Crippen LogP contribution is -2.27. The topological polar surface area (TPSA) is 58.6 Å². The molecule has 5 heteroatoms. The van der Waals surface area contributed by atoms with E-state index < -0.39 is 0 Å². The van der Waals surface area contributed by atoms with Crippen LogP contribution in [0.4, 0.5) is 5.69 Å². The minimum Gasteiger partial charge on any atom is -0.496 e. The summed E-state index contributed by atoms with van der Waals surface area (Å²) in [5.74, 6) is 0.802. The van der Waals surface area contributed by atoms with Crippen molar-refractivity contribution in [1.29, 1.82) is 0 Å². The molecule has 0 aromatic heterocycles.